The lowest BCUT2D eigenvalue weighted by atomic mass is 9.76. The highest BCUT2D eigenvalue weighted by atomic mass is 19.4. The predicted molar refractivity (Wildman–Crippen MR) is 189 cm³/mol. The van der Waals surface area contributed by atoms with Gasteiger partial charge in [0.25, 0.3) is 17.7 Å². The predicted octanol–water partition coefficient (Wildman–Crippen LogP) is 4.86. The topological polar surface area (TPSA) is 162 Å². The fourth-order valence-corrected chi connectivity index (χ4v) is 8.05. The second kappa shape index (κ2) is 13.6. The number of hydrogen-bond acceptors (Lipinski definition) is 8. The molecule has 0 radical (unpaired) electrons. The Bertz CT molecular complexity index is 2290. The van der Waals surface area contributed by atoms with Crippen LogP contribution in [0.4, 0.5) is 18.9 Å². The highest BCUT2D eigenvalue weighted by molar-refractivity contribution is 6.23. The van der Waals surface area contributed by atoms with Crippen molar-refractivity contribution in [3.05, 3.63) is 101 Å². The lowest BCUT2D eigenvalue weighted by Crippen LogP contribution is -2.54. The maximum Gasteiger partial charge on any atom is 0.417 e. The fourth-order valence-electron chi connectivity index (χ4n) is 8.05. The number of hydrogen-bond donors (Lipinski definition) is 2. The average molecular weight is 753 g/mol. The van der Waals surface area contributed by atoms with Gasteiger partial charge < -0.3 is 9.88 Å². The molecule has 13 nitrogen and oxygen atoms in total. The van der Waals surface area contributed by atoms with Crippen molar-refractivity contribution in [2.75, 3.05) is 18.4 Å². The summed E-state index contributed by atoms with van der Waals surface area (Å²) in [6.07, 6.45) is 6.43. The second-order valence-electron chi connectivity index (χ2n) is 14.6. The molecule has 2 aromatic carbocycles. The summed E-state index contributed by atoms with van der Waals surface area (Å²) in [5, 5.41) is 18.5. The number of nitrogens with one attached hydrogen (secondary N) is 2. The summed E-state index contributed by atoms with van der Waals surface area (Å²) in [7, 11) is 0. The number of piperidine rings is 2. The summed E-state index contributed by atoms with van der Waals surface area (Å²) < 4.78 is 44.1. The Morgan fingerprint density at radius 2 is 1.75 bits per heavy atom. The number of amides is 5. The summed E-state index contributed by atoms with van der Waals surface area (Å²) in [5.41, 5.74) is 0.526. The van der Waals surface area contributed by atoms with E-state index in [1.807, 2.05) is 29.2 Å². The van der Waals surface area contributed by atoms with Crippen LogP contribution >= 0.6 is 0 Å². The van der Waals surface area contributed by atoms with Gasteiger partial charge in [-0.05, 0) is 111 Å². The first-order chi connectivity index (χ1) is 26.3. The fraction of sp³-hybridized carbons (Fsp3) is 0.359. The van der Waals surface area contributed by atoms with E-state index >= 15 is 0 Å². The molecule has 282 valence electrons. The minimum Gasteiger partial charge on any atom is -0.324 e. The van der Waals surface area contributed by atoms with Crippen LogP contribution in [0.2, 0.25) is 0 Å². The van der Waals surface area contributed by atoms with Gasteiger partial charge in [0.1, 0.15) is 11.6 Å². The van der Waals surface area contributed by atoms with Gasteiger partial charge in [0.2, 0.25) is 11.8 Å². The van der Waals surface area contributed by atoms with E-state index in [2.05, 4.69) is 20.6 Å². The number of nitrogens with zero attached hydrogens (tertiary/aromatic N) is 6. The molecule has 3 aliphatic heterocycles. The number of anilines is 1. The number of aromatic nitrogens is 3. The van der Waals surface area contributed by atoms with E-state index in [1.165, 1.54) is 6.07 Å². The highest BCUT2D eigenvalue weighted by Crippen LogP contribution is 2.42. The van der Waals surface area contributed by atoms with Gasteiger partial charge in [0.05, 0.1) is 34.5 Å². The Morgan fingerprint density at radius 1 is 0.982 bits per heavy atom. The van der Waals surface area contributed by atoms with Crippen LogP contribution in [-0.4, -0.2) is 72.8 Å². The van der Waals surface area contributed by atoms with Crippen molar-refractivity contribution in [1.82, 2.24) is 29.5 Å². The summed E-state index contributed by atoms with van der Waals surface area (Å²) in [4.78, 5) is 67.2. The van der Waals surface area contributed by atoms with Gasteiger partial charge in [-0.25, -0.2) is 0 Å². The number of halogens is 3. The number of carbonyl (C=O) groups is 5. The van der Waals surface area contributed by atoms with E-state index in [4.69, 9.17) is 5.26 Å². The molecule has 16 heteroatoms. The third-order valence-corrected chi connectivity index (χ3v) is 11.3. The zero-order valence-corrected chi connectivity index (χ0v) is 29.4. The van der Waals surface area contributed by atoms with E-state index < -0.39 is 58.4 Å². The van der Waals surface area contributed by atoms with E-state index in [0.29, 0.717) is 25.1 Å². The van der Waals surface area contributed by atoms with Gasteiger partial charge >= 0.3 is 6.18 Å². The molecule has 2 saturated heterocycles. The molecular formula is C39H35F3N8O5. The van der Waals surface area contributed by atoms with Gasteiger partial charge in [-0.1, -0.05) is 0 Å². The Kier molecular flexibility index (Phi) is 8.91. The molecule has 3 fully saturated rings. The van der Waals surface area contributed by atoms with E-state index in [0.717, 1.165) is 60.5 Å². The highest BCUT2D eigenvalue weighted by Gasteiger charge is 2.48. The van der Waals surface area contributed by atoms with E-state index in [1.54, 1.807) is 35.1 Å². The lowest BCUT2D eigenvalue weighted by Gasteiger charge is -2.40. The van der Waals surface area contributed by atoms with Gasteiger partial charge in [-0.3, -0.25) is 43.8 Å². The number of nitriles is 1. The molecule has 8 rings (SSSR count). The molecule has 5 amide bonds. The van der Waals surface area contributed by atoms with Crippen molar-refractivity contribution >= 4 is 35.2 Å². The first-order valence-corrected chi connectivity index (χ1v) is 18.1. The van der Waals surface area contributed by atoms with Crippen molar-refractivity contribution in [2.45, 2.75) is 75.2 Å². The van der Waals surface area contributed by atoms with Crippen molar-refractivity contribution in [3.63, 3.8) is 0 Å². The van der Waals surface area contributed by atoms with Crippen LogP contribution in [0.1, 0.15) is 93.8 Å². The van der Waals surface area contributed by atoms with Crippen molar-refractivity contribution in [1.29, 1.82) is 5.26 Å². The maximum absolute atomic E-state index is 13.5. The van der Waals surface area contributed by atoms with E-state index in [9.17, 15) is 37.1 Å². The first kappa shape index (κ1) is 35.9. The van der Waals surface area contributed by atoms with Crippen LogP contribution in [0.3, 0.4) is 0 Å². The Morgan fingerprint density at radius 3 is 2.44 bits per heavy atom. The van der Waals surface area contributed by atoms with Crippen LogP contribution in [0.15, 0.2) is 67.3 Å². The summed E-state index contributed by atoms with van der Waals surface area (Å²) in [6.45, 7) is 2.33. The number of imide groups is 2. The van der Waals surface area contributed by atoms with Crippen LogP contribution in [-0.2, 0) is 32.6 Å². The molecular weight excluding hydrogens is 717 g/mol. The first-order valence-electron chi connectivity index (χ1n) is 18.1. The number of likely N-dealkylation sites (tertiary alicyclic amines) is 1. The summed E-state index contributed by atoms with van der Waals surface area (Å²) >= 11 is 0. The molecule has 2 aromatic heterocycles. The maximum atomic E-state index is 13.5. The molecule has 1 atom stereocenters. The number of fused-ring (bicyclic) bond motifs is 1. The SMILES string of the molecule is N#Cc1ccc(NC(=O)C2(n3cc(C4CCN(Cc5ccn(-c6ccc7c(c6)C(=O)N(C6CCC(=O)NC6=O)C7=O)c5)CC4)cn3)CCC2)cc1C(F)(F)F. The van der Waals surface area contributed by atoms with Gasteiger partial charge in [0.15, 0.2) is 0 Å². The molecule has 1 aliphatic carbocycles. The Labute approximate surface area is 312 Å². The lowest BCUT2D eigenvalue weighted by molar-refractivity contribution is -0.138. The summed E-state index contributed by atoms with van der Waals surface area (Å²) in [6, 6.07) is 10.7. The standard InChI is InChI=1S/C39H35F3N8O5/c40-39(41,42)31-16-27(3-2-25(31)18-43)45-37(55)38(11-1-12-38)49-22-26(19-44-49)24-9-13-47(14-10-24)20-23-8-15-48(21-23)28-4-5-29-30(17-28)36(54)50(35(29)53)32-6-7-33(51)46-34(32)52/h2-5,8,15-17,19,21-22,24,32H,1,6-7,9-14,20H2,(H,45,55)(H,46,51,52). The second-order valence-corrected chi connectivity index (χ2v) is 14.6. The third-order valence-electron chi connectivity index (χ3n) is 11.3. The van der Waals surface area contributed by atoms with Crippen molar-refractivity contribution in [2.24, 2.45) is 0 Å². The third kappa shape index (κ3) is 6.48. The Hall–Kier alpha value is -6.08. The summed E-state index contributed by atoms with van der Waals surface area (Å²) in [5.74, 6) is -2.42. The monoisotopic (exact) mass is 752 g/mol. The Balaban J connectivity index is 0.881. The number of rotatable bonds is 8. The van der Waals surface area contributed by atoms with Crippen molar-refractivity contribution in [3.8, 4) is 11.8 Å². The van der Waals surface area contributed by atoms with Crippen LogP contribution in [0.25, 0.3) is 5.69 Å². The quantitative estimate of drug-likeness (QED) is 0.241. The molecule has 4 aliphatic rings. The molecule has 1 unspecified atom stereocenters. The molecule has 4 aromatic rings. The van der Waals surface area contributed by atoms with Crippen LogP contribution in [0.5, 0.6) is 0 Å². The zero-order valence-electron chi connectivity index (χ0n) is 29.4. The molecule has 0 bridgehead atoms. The van der Waals surface area contributed by atoms with Gasteiger partial charge in [-0.15, -0.1) is 0 Å². The van der Waals surface area contributed by atoms with Gasteiger partial charge in [-0.2, -0.15) is 23.5 Å². The van der Waals surface area contributed by atoms with Crippen LogP contribution in [0, 0.1) is 11.3 Å². The number of alkyl halides is 3. The zero-order chi connectivity index (χ0) is 38.6. The van der Waals surface area contributed by atoms with Crippen molar-refractivity contribution < 1.29 is 37.1 Å². The molecule has 5 heterocycles. The molecule has 2 N–H and O–H groups in total. The van der Waals surface area contributed by atoms with Crippen LogP contribution < -0.4 is 10.6 Å². The molecule has 0 spiro atoms. The van der Waals surface area contributed by atoms with Gasteiger partial charge in [0, 0.05) is 42.9 Å². The number of benzene rings is 2. The smallest absolute Gasteiger partial charge is 0.324 e. The largest absolute Gasteiger partial charge is 0.417 e. The number of carbonyl (C=O) groups excluding carboxylic acids is 5. The normalized spacial score (nSPS) is 20.2. The average Bonchev–Trinajstić information content (AvgIpc) is 3.87. The molecule has 1 saturated carbocycles. The minimum atomic E-state index is -4.74. The minimum absolute atomic E-state index is 0.0325. The van der Waals surface area contributed by atoms with E-state index in [-0.39, 0.29) is 35.6 Å². The molecule has 55 heavy (non-hydrogen) atoms.